The van der Waals surface area contributed by atoms with Gasteiger partial charge in [0.05, 0.1) is 6.61 Å². The molecule has 2 aromatic carbocycles. The Morgan fingerprint density at radius 1 is 1.30 bits per heavy atom. The lowest BCUT2D eigenvalue weighted by atomic mass is 9.93. The number of carboxylic acids is 1. The van der Waals surface area contributed by atoms with Gasteiger partial charge in [0, 0.05) is 17.5 Å². The Labute approximate surface area is 134 Å². The van der Waals surface area contributed by atoms with Crippen LogP contribution in [0, 0.1) is 0 Å². The van der Waals surface area contributed by atoms with Crippen molar-refractivity contribution in [3.8, 4) is 11.5 Å². The number of hydrogen-bond acceptors (Lipinski definition) is 4. The maximum Gasteiger partial charge on any atom is 0.349 e. The molecule has 0 radical (unpaired) electrons. The average molecular weight is 313 g/mol. The Kier molecular flexibility index (Phi) is 4.48. The van der Waals surface area contributed by atoms with Gasteiger partial charge in [-0.2, -0.15) is 0 Å². The molecule has 2 unspecified atom stereocenters. The van der Waals surface area contributed by atoms with E-state index in [9.17, 15) is 9.90 Å². The van der Waals surface area contributed by atoms with Gasteiger partial charge in [0.25, 0.3) is 0 Å². The van der Waals surface area contributed by atoms with Crippen molar-refractivity contribution in [2.24, 2.45) is 5.73 Å². The molecule has 1 heterocycles. The second-order valence-corrected chi connectivity index (χ2v) is 5.52. The molecule has 3 N–H and O–H groups in total. The standard InChI is InChI=1S/C18H19NO4/c19-11-13-8-9-22-16-10-14(6-7-15(13)16)23-17(18(20)21)12-4-2-1-3-5-12/h1-7,10,13,17H,8-9,11,19H2,(H,20,21). The van der Waals surface area contributed by atoms with Crippen molar-refractivity contribution in [2.75, 3.05) is 13.2 Å². The SMILES string of the molecule is NCC1CCOc2cc(OC(C(=O)O)c3ccccc3)ccc21. The molecule has 3 rings (SSSR count). The van der Waals surface area contributed by atoms with Gasteiger partial charge in [0.1, 0.15) is 11.5 Å². The summed E-state index contributed by atoms with van der Waals surface area (Å²) in [7, 11) is 0. The molecule has 0 aliphatic carbocycles. The second kappa shape index (κ2) is 6.71. The lowest BCUT2D eigenvalue weighted by Crippen LogP contribution is -2.21. The van der Waals surface area contributed by atoms with Gasteiger partial charge in [0.15, 0.2) is 0 Å². The molecule has 120 valence electrons. The Balaban J connectivity index is 1.86. The Hall–Kier alpha value is -2.53. The van der Waals surface area contributed by atoms with Crippen molar-refractivity contribution in [3.63, 3.8) is 0 Å². The topological polar surface area (TPSA) is 81.8 Å². The van der Waals surface area contributed by atoms with Gasteiger partial charge in [-0.1, -0.05) is 36.4 Å². The van der Waals surface area contributed by atoms with Crippen LogP contribution in [0.1, 0.15) is 29.6 Å². The molecule has 0 fully saturated rings. The monoisotopic (exact) mass is 313 g/mol. The minimum Gasteiger partial charge on any atom is -0.493 e. The zero-order chi connectivity index (χ0) is 16.2. The number of hydrogen-bond donors (Lipinski definition) is 2. The molecule has 5 nitrogen and oxygen atoms in total. The maximum absolute atomic E-state index is 11.5. The molecule has 0 spiro atoms. The van der Waals surface area contributed by atoms with E-state index in [-0.39, 0.29) is 5.92 Å². The highest BCUT2D eigenvalue weighted by Crippen LogP contribution is 2.36. The number of aliphatic carboxylic acids is 1. The molecule has 0 saturated carbocycles. The van der Waals surface area contributed by atoms with Crippen LogP contribution in [0.5, 0.6) is 11.5 Å². The minimum absolute atomic E-state index is 0.275. The third kappa shape index (κ3) is 3.29. The highest BCUT2D eigenvalue weighted by Gasteiger charge is 2.24. The lowest BCUT2D eigenvalue weighted by Gasteiger charge is -2.25. The van der Waals surface area contributed by atoms with Gasteiger partial charge in [-0.3, -0.25) is 0 Å². The number of carbonyl (C=O) groups is 1. The summed E-state index contributed by atoms with van der Waals surface area (Å²) >= 11 is 0. The summed E-state index contributed by atoms with van der Waals surface area (Å²) < 4.78 is 11.3. The van der Waals surface area contributed by atoms with Crippen molar-refractivity contribution >= 4 is 5.97 Å². The number of benzene rings is 2. The van der Waals surface area contributed by atoms with Crippen LogP contribution in [-0.4, -0.2) is 24.2 Å². The summed E-state index contributed by atoms with van der Waals surface area (Å²) in [5.41, 5.74) is 7.44. The van der Waals surface area contributed by atoms with E-state index in [0.29, 0.717) is 24.5 Å². The van der Waals surface area contributed by atoms with Crippen LogP contribution in [-0.2, 0) is 4.79 Å². The molecule has 23 heavy (non-hydrogen) atoms. The summed E-state index contributed by atoms with van der Waals surface area (Å²) in [4.78, 5) is 11.5. The van der Waals surface area contributed by atoms with Gasteiger partial charge in [0.2, 0.25) is 6.10 Å². The molecular weight excluding hydrogens is 294 g/mol. The molecule has 2 atom stereocenters. The van der Waals surface area contributed by atoms with Crippen LogP contribution in [0.2, 0.25) is 0 Å². The van der Waals surface area contributed by atoms with Gasteiger partial charge in [-0.05, 0) is 24.6 Å². The third-order valence-electron chi connectivity index (χ3n) is 4.01. The normalized spacial score (nSPS) is 17.7. The molecule has 0 bridgehead atoms. The summed E-state index contributed by atoms with van der Waals surface area (Å²) in [6.45, 7) is 1.18. The first kappa shape index (κ1) is 15.4. The second-order valence-electron chi connectivity index (χ2n) is 5.52. The van der Waals surface area contributed by atoms with Crippen LogP contribution in [0.15, 0.2) is 48.5 Å². The highest BCUT2D eigenvalue weighted by molar-refractivity contribution is 5.74. The zero-order valence-corrected chi connectivity index (χ0v) is 12.6. The zero-order valence-electron chi connectivity index (χ0n) is 12.6. The maximum atomic E-state index is 11.5. The first-order chi connectivity index (χ1) is 11.2. The lowest BCUT2D eigenvalue weighted by molar-refractivity contribution is -0.145. The van der Waals surface area contributed by atoms with Gasteiger partial charge in [-0.15, -0.1) is 0 Å². The van der Waals surface area contributed by atoms with E-state index < -0.39 is 12.1 Å². The van der Waals surface area contributed by atoms with Gasteiger partial charge in [-0.25, -0.2) is 4.79 Å². The van der Waals surface area contributed by atoms with E-state index in [1.807, 2.05) is 12.1 Å². The average Bonchev–Trinajstić information content (AvgIpc) is 2.59. The van der Waals surface area contributed by atoms with Crippen molar-refractivity contribution < 1.29 is 19.4 Å². The van der Waals surface area contributed by atoms with E-state index in [1.165, 1.54) is 0 Å². The predicted octanol–water partition coefficient (Wildman–Crippen LogP) is 2.72. The van der Waals surface area contributed by atoms with Crippen LogP contribution in [0.25, 0.3) is 0 Å². The van der Waals surface area contributed by atoms with Crippen LogP contribution in [0.4, 0.5) is 0 Å². The van der Waals surface area contributed by atoms with Crippen molar-refractivity contribution in [1.82, 2.24) is 0 Å². The van der Waals surface area contributed by atoms with Crippen LogP contribution in [0.3, 0.4) is 0 Å². The molecule has 5 heteroatoms. The van der Waals surface area contributed by atoms with E-state index in [0.717, 1.165) is 17.7 Å². The molecule has 0 amide bonds. The fraction of sp³-hybridized carbons (Fsp3) is 0.278. The number of nitrogens with two attached hydrogens (primary N) is 1. The smallest absolute Gasteiger partial charge is 0.349 e. The van der Waals surface area contributed by atoms with Crippen molar-refractivity contribution in [2.45, 2.75) is 18.4 Å². The summed E-state index contributed by atoms with van der Waals surface area (Å²) in [6, 6.07) is 14.3. The number of fused-ring (bicyclic) bond motifs is 1. The predicted molar refractivity (Wildman–Crippen MR) is 85.8 cm³/mol. The summed E-state index contributed by atoms with van der Waals surface area (Å²) in [5, 5.41) is 9.43. The van der Waals surface area contributed by atoms with E-state index in [1.54, 1.807) is 36.4 Å². The summed E-state index contributed by atoms with van der Waals surface area (Å²) in [6.07, 6.45) is -0.158. The number of ether oxygens (including phenoxy) is 2. The molecule has 0 saturated heterocycles. The van der Waals surface area contributed by atoms with E-state index in [2.05, 4.69) is 0 Å². The molecule has 1 aliphatic rings. The van der Waals surface area contributed by atoms with E-state index in [4.69, 9.17) is 15.2 Å². The largest absolute Gasteiger partial charge is 0.493 e. The minimum atomic E-state index is -1.05. The fourth-order valence-corrected chi connectivity index (χ4v) is 2.79. The third-order valence-corrected chi connectivity index (χ3v) is 4.01. The fourth-order valence-electron chi connectivity index (χ4n) is 2.79. The summed E-state index contributed by atoms with van der Waals surface area (Å²) in [5.74, 6) is 0.436. The molecule has 0 aromatic heterocycles. The van der Waals surface area contributed by atoms with Gasteiger partial charge < -0.3 is 20.3 Å². The van der Waals surface area contributed by atoms with Gasteiger partial charge >= 0.3 is 5.97 Å². The molecular formula is C18H19NO4. The van der Waals surface area contributed by atoms with Crippen LogP contribution >= 0.6 is 0 Å². The highest BCUT2D eigenvalue weighted by atomic mass is 16.5. The van der Waals surface area contributed by atoms with Crippen molar-refractivity contribution in [3.05, 3.63) is 59.7 Å². The first-order valence-corrected chi connectivity index (χ1v) is 7.60. The molecule has 1 aliphatic heterocycles. The quantitative estimate of drug-likeness (QED) is 0.887. The Bertz CT molecular complexity index is 687. The Morgan fingerprint density at radius 2 is 2.09 bits per heavy atom. The van der Waals surface area contributed by atoms with Crippen molar-refractivity contribution in [1.29, 1.82) is 0 Å². The first-order valence-electron chi connectivity index (χ1n) is 7.60. The molecule has 2 aromatic rings. The van der Waals surface area contributed by atoms with E-state index >= 15 is 0 Å². The van der Waals surface area contributed by atoms with Crippen LogP contribution < -0.4 is 15.2 Å². The Morgan fingerprint density at radius 3 is 2.78 bits per heavy atom. The number of carboxylic acid groups (broad SMARTS) is 1. The number of rotatable bonds is 5.